The number of carbonyl (C=O) groups is 1. The van der Waals surface area contributed by atoms with Gasteiger partial charge < -0.3 is 10.1 Å². The lowest BCUT2D eigenvalue weighted by Gasteiger charge is -2.17. The van der Waals surface area contributed by atoms with Crippen molar-refractivity contribution >= 4 is 11.7 Å². The number of benzene rings is 2. The van der Waals surface area contributed by atoms with E-state index in [4.69, 9.17) is 4.74 Å². The number of tetrazole rings is 1. The van der Waals surface area contributed by atoms with Gasteiger partial charge in [0.25, 0.3) is 5.69 Å². The van der Waals surface area contributed by atoms with E-state index in [1.54, 1.807) is 43.4 Å². The second-order valence-electron chi connectivity index (χ2n) is 5.53. The quantitative estimate of drug-likeness (QED) is 0.396. The Kier molecular flexibility index (Phi) is 5.18. The zero-order valence-corrected chi connectivity index (χ0v) is 14.6. The first-order valence-corrected chi connectivity index (χ1v) is 7.94. The van der Waals surface area contributed by atoms with E-state index in [-0.39, 0.29) is 5.69 Å². The van der Waals surface area contributed by atoms with Crippen molar-refractivity contribution in [2.45, 2.75) is 6.04 Å². The Bertz CT molecular complexity index is 970. The highest BCUT2D eigenvalue weighted by Crippen LogP contribution is 2.25. The largest absolute Gasteiger partial charge is 0.465 e. The molecule has 10 heteroatoms. The Morgan fingerprint density at radius 1 is 1.22 bits per heavy atom. The monoisotopic (exact) mass is 368 g/mol. The first kappa shape index (κ1) is 18.1. The van der Waals surface area contributed by atoms with Crippen molar-refractivity contribution in [2.75, 3.05) is 14.2 Å². The molecule has 0 saturated heterocycles. The molecular weight excluding hydrogens is 352 g/mol. The number of ether oxygens (including phenoxy) is 1. The van der Waals surface area contributed by atoms with E-state index >= 15 is 0 Å². The SMILES string of the molecule is CN[C@H](c1ccc([N+](=O)[O-])cc1)c1nnnn1-c1ccccc1C(=O)OC. The Morgan fingerprint density at radius 3 is 2.56 bits per heavy atom. The molecule has 0 unspecified atom stereocenters. The van der Waals surface area contributed by atoms with Gasteiger partial charge in [-0.15, -0.1) is 5.10 Å². The zero-order chi connectivity index (χ0) is 19.4. The maximum Gasteiger partial charge on any atom is 0.340 e. The van der Waals surface area contributed by atoms with Crippen LogP contribution in [0.4, 0.5) is 5.69 Å². The third kappa shape index (κ3) is 3.51. The Labute approximate surface area is 153 Å². The van der Waals surface area contributed by atoms with Gasteiger partial charge in [-0.1, -0.05) is 24.3 Å². The van der Waals surface area contributed by atoms with Gasteiger partial charge >= 0.3 is 5.97 Å². The summed E-state index contributed by atoms with van der Waals surface area (Å²) in [6.07, 6.45) is 0. The molecule has 2 aromatic carbocycles. The van der Waals surface area contributed by atoms with Crippen molar-refractivity contribution in [1.82, 2.24) is 25.5 Å². The zero-order valence-electron chi connectivity index (χ0n) is 14.6. The van der Waals surface area contributed by atoms with Crippen molar-refractivity contribution in [3.8, 4) is 5.69 Å². The average molecular weight is 368 g/mol. The van der Waals surface area contributed by atoms with Crippen molar-refractivity contribution in [2.24, 2.45) is 0 Å². The molecule has 0 fully saturated rings. The van der Waals surface area contributed by atoms with Gasteiger partial charge in [0.1, 0.15) is 0 Å². The maximum atomic E-state index is 12.1. The molecular formula is C17H16N6O4. The van der Waals surface area contributed by atoms with Crippen LogP contribution in [0.3, 0.4) is 0 Å². The van der Waals surface area contributed by atoms with Gasteiger partial charge in [-0.05, 0) is 35.2 Å². The van der Waals surface area contributed by atoms with Crippen LogP contribution in [-0.2, 0) is 4.74 Å². The number of rotatable bonds is 6. The number of nitrogens with one attached hydrogen (secondary N) is 1. The van der Waals surface area contributed by atoms with Crippen LogP contribution in [0.15, 0.2) is 48.5 Å². The second-order valence-corrected chi connectivity index (χ2v) is 5.53. The molecule has 0 aliphatic carbocycles. The number of para-hydroxylation sites is 1. The van der Waals surface area contributed by atoms with Gasteiger partial charge in [-0.25, -0.2) is 4.79 Å². The number of esters is 1. The number of nitro benzene ring substituents is 1. The van der Waals surface area contributed by atoms with Gasteiger partial charge in [-0.2, -0.15) is 4.68 Å². The lowest BCUT2D eigenvalue weighted by atomic mass is 10.1. The van der Waals surface area contributed by atoms with E-state index in [1.807, 2.05) is 0 Å². The third-order valence-corrected chi connectivity index (χ3v) is 4.02. The van der Waals surface area contributed by atoms with E-state index < -0.39 is 16.9 Å². The molecule has 0 bridgehead atoms. The lowest BCUT2D eigenvalue weighted by molar-refractivity contribution is -0.384. The van der Waals surface area contributed by atoms with Gasteiger partial charge in [-0.3, -0.25) is 10.1 Å². The topological polar surface area (TPSA) is 125 Å². The number of hydrogen-bond donors (Lipinski definition) is 1. The number of non-ortho nitro benzene ring substituents is 1. The highest BCUT2D eigenvalue weighted by atomic mass is 16.6. The van der Waals surface area contributed by atoms with E-state index in [1.165, 1.54) is 23.9 Å². The van der Waals surface area contributed by atoms with Crippen LogP contribution in [0.2, 0.25) is 0 Å². The number of methoxy groups -OCH3 is 1. The molecule has 10 nitrogen and oxygen atoms in total. The fourth-order valence-electron chi connectivity index (χ4n) is 2.72. The van der Waals surface area contributed by atoms with Crippen molar-refractivity contribution in [3.63, 3.8) is 0 Å². The van der Waals surface area contributed by atoms with E-state index in [0.29, 0.717) is 17.1 Å². The molecule has 1 N–H and O–H groups in total. The van der Waals surface area contributed by atoms with Gasteiger partial charge in [0.15, 0.2) is 5.82 Å². The van der Waals surface area contributed by atoms with Crippen LogP contribution in [0.25, 0.3) is 5.69 Å². The number of hydrogen-bond acceptors (Lipinski definition) is 8. The molecule has 0 radical (unpaired) electrons. The van der Waals surface area contributed by atoms with Crippen LogP contribution < -0.4 is 5.32 Å². The fourth-order valence-corrected chi connectivity index (χ4v) is 2.72. The minimum absolute atomic E-state index is 0.00997. The number of carbonyl (C=O) groups excluding carboxylic acids is 1. The number of aromatic nitrogens is 4. The molecule has 1 aromatic heterocycles. The molecule has 3 aromatic rings. The van der Waals surface area contributed by atoms with Gasteiger partial charge in [0.2, 0.25) is 0 Å². The fraction of sp³-hybridized carbons (Fsp3) is 0.176. The van der Waals surface area contributed by atoms with Crippen molar-refractivity contribution in [1.29, 1.82) is 0 Å². The standard InChI is InChI=1S/C17H16N6O4/c1-18-15(11-7-9-12(10-8-11)23(25)26)16-19-20-21-22(16)14-6-4-3-5-13(14)17(24)27-2/h3-10,15,18H,1-2H3/t15-/m1/s1. The smallest absolute Gasteiger partial charge is 0.340 e. The first-order chi connectivity index (χ1) is 13.1. The molecule has 27 heavy (non-hydrogen) atoms. The van der Waals surface area contributed by atoms with Crippen molar-refractivity contribution in [3.05, 3.63) is 75.6 Å². The molecule has 0 amide bonds. The minimum Gasteiger partial charge on any atom is -0.465 e. The normalized spacial score (nSPS) is 11.8. The molecule has 1 atom stereocenters. The molecule has 0 aliphatic heterocycles. The first-order valence-electron chi connectivity index (χ1n) is 7.94. The summed E-state index contributed by atoms with van der Waals surface area (Å²) in [6.45, 7) is 0. The summed E-state index contributed by atoms with van der Waals surface area (Å²) in [5, 5.41) is 25.8. The minimum atomic E-state index is -0.511. The molecule has 0 spiro atoms. The van der Waals surface area contributed by atoms with E-state index in [2.05, 4.69) is 20.8 Å². The average Bonchev–Trinajstić information content (AvgIpc) is 3.17. The van der Waals surface area contributed by atoms with Crippen LogP contribution in [0.5, 0.6) is 0 Å². The highest BCUT2D eigenvalue weighted by Gasteiger charge is 2.24. The predicted octanol–water partition coefficient (Wildman–Crippen LogP) is 1.67. The van der Waals surface area contributed by atoms with Gasteiger partial charge in [0.05, 0.1) is 29.3 Å². The molecule has 3 rings (SSSR count). The van der Waals surface area contributed by atoms with E-state index in [0.717, 1.165) is 5.56 Å². The molecule has 0 saturated carbocycles. The maximum absolute atomic E-state index is 12.1. The molecule has 1 heterocycles. The predicted molar refractivity (Wildman–Crippen MR) is 94.5 cm³/mol. The summed E-state index contributed by atoms with van der Waals surface area (Å²) in [5.74, 6) is -0.0916. The number of nitrogens with zero attached hydrogens (tertiary/aromatic N) is 5. The summed E-state index contributed by atoms with van der Waals surface area (Å²) in [5.41, 5.74) is 1.50. The molecule has 138 valence electrons. The van der Waals surface area contributed by atoms with Gasteiger partial charge in [0, 0.05) is 12.1 Å². The van der Waals surface area contributed by atoms with Crippen LogP contribution >= 0.6 is 0 Å². The van der Waals surface area contributed by atoms with Crippen LogP contribution in [0, 0.1) is 10.1 Å². The van der Waals surface area contributed by atoms with E-state index in [9.17, 15) is 14.9 Å². The number of nitro groups is 1. The second kappa shape index (κ2) is 7.70. The summed E-state index contributed by atoms with van der Waals surface area (Å²) in [4.78, 5) is 22.5. The van der Waals surface area contributed by atoms with Crippen LogP contribution in [0.1, 0.15) is 27.8 Å². The van der Waals surface area contributed by atoms with Crippen molar-refractivity contribution < 1.29 is 14.5 Å². The Morgan fingerprint density at radius 2 is 1.93 bits per heavy atom. The van der Waals surface area contributed by atoms with Crippen LogP contribution in [-0.4, -0.2) is 45.3 Å². The Balaban J connectivity index is 2.06. The Hall–Kier alpha value is -3.66. The summed E-state index contributed by atoms with van der Waals surface area (Å²) in [7, 11) is 3.02. The summed E-state index contributed by atoms with van der Waals surface area (Å²) >= 11 is 0. The summed E-state index contributed by atoms with van der Waals surface area (Å²) in [6, 6.07) is 12.4. The third-order valence-electron chi connectivity index (χ3n) is 4.02. The molecule has 0 aliphatic rings. The lowest BCUT2D eigenvalue weighted by Crippen LogP contribution is -2.23. The summed E-state index contributed by atoms with van der Waals surface area (Å²) < 4.78 is 6.26. The highest BCUT2D eigenvalue weighted by molar-refractivity contribution is 5.93.